The van der Waals surface area contributed by atoms with E-state index in [1.54, 1.807) is 35.6 Å². The fourth-order valence-corrected chi connectivity index (χ4v) is 3.29. The normalized spacial score (nSPS) is 11.3. The number of amides is 1. The zero-order valence-corrected chi connectivity index (χ0v) is 16.3. The Balaban J connectivity index is 1.47. The third-order valence-corrected chi connectivity index (χ3v) is 5.04. The largest absolute Gasteiger partial charge is 0.457 e. The number of nitriles is 1. The van der Waals surface area contributed by atoms with Gasteiger partial charge in [0, 0.05) is 17.1 Å². The second kappa shape index (κ2) is 9.58. The number of rotatable bonds is 8. The zero-order valence-electron chi connectivity index (χ0n) is 15.5. The highest BCUT2D eigenvalue weighted by atomic mass is 32.1. The summed E-state index contributed by atoms with van der Waals surface area (Å²) in [5, 5.41) is 17.0. The van der Waals surface area contributed by atoms with Gasteiger partial charge in [-0.05, 0) is 73.3 Å². The van der Waals surface area contributed by atoms with Crippen LogP contribution in [0.1, 0.15) is 17.4 Å². The molecule has 0 bridgehead atoms. The molecule has 0 radical (unpaired) electrons. The predicted octanol–water partition coefficient (Wildman–Crippen LogP) is 4.57. The molecular weight excluding hydrogens is 370 g/mol. The molecule has 142 valence electrons. The summed E-state index contributed by atoms with van der Waals surface area (Å²) < 4.78 is 5.76. The van der Waals surface area contributed by atoms with Crippen LogP contribution in [0, 0.1) is 11.3 Å². The maximum atomic E-state index is 12.2. The lowest BCUT2D eigenvalue weighted by Crippen LogP contribution is -2.38. The van der Waals surface area contributed by atoms with Gasteiger partial charge in [0.15, 0.2) is 0 Å². The van der Waals surface area contributed by atoms with Crippen molar-refractivity contribution in [3.05, 3.63) is 76.5 Å². The van der Waals surface area contributed by atoms with Crippen molar-refractivity contribution in [2.45, 2.75) is 19.4 Å². The van der Waals surface area contributed by atoms with Gasteiger partial charge in [-0.1, -0.05) is 6.07 Å². The molecule has 28 heavy (non-hydrogen) atoms. The standard InChI is InChI=1S/C22H21N3O2S/c1-16(22(26)24-13-12-21-3-2-14-28-21)25-18-6-10-20(11-7-18)27-19-8-4-17(15-23)5-9-19/h2-11,14,16,25H,12-13H2,1H3,(H,24,26). The van der Waals surface area contributed by atoms with E-state index in [2.05, 4.69) is 22.8 Å². The van der Waals surface area contributed by atoms with Gasteiger partial charge >= 0.3 is 0 Å². The van der Waals surface area contributed by atoms with Crippen LogP contribution < -0.4 is 15.4 Å². The minimum absolute atomic E-state index is 0.0329. The number of carbonyl (C=O) groups excluding carboxylic acids is 1. The highest BCUT2D eigenvalue weighted by molar-refractivity contribution is 7.09. The Labute approximate surface area is 168 Å². The van der Waals surface area contributed by atoms with E-state index < -0.39 is 0 Å². The monoisotopic (exact) mass is 391 g/mol. The number of anilines is 1. The van der Waals surface area contributed by atoms with E-state index in [-0.39, 0.29) is 11.9 Å². The molecule has 1 heterocycles. The van der Waals surface area contributed by atoms with E-state index in [9.17, 15) is 4.79 Å². The molecule has 0 aliphatic heterocycles. The number of hydrogen-bond donors (Lipinski definition) is 2. The van der Waals surface area contributed by atoms with Crippen LogP contribution in [0.2, 0.25) is 0 Å². The molecule has 0 aliphatic carbocycles. The van der Waals surface area contributed by atoms with Crippen LogP contribution in [0.5, 0.6) is 11.5 Å². The summed E-state index contributed by atoms with van der Waals surface area (Å²) in [6.07, 6.45) is 0.845. The van der Waals surface area contributed by atoms with E-state index >= 15 is 0 Å². The summed E-state index contributed by atoms with van der Waals surface area (Å²) in [7, 11) is 0. The molecule has 0 spiro atoms. The Morgan fingerprint density at radius 3 is 2.39 bits per heavy atom. The Kier molecular flexibility index (Phi) is 6.66. The van der Waals surface area contributed by atoms with Gasteiger partial charge in [0.1, 0.15) is 17.5 Å². The summed E-state index contributed by atoms with van der Waals surface area (Å²) in [5.74, 6) is 1.32. The Bertz CT molecular complexity index is 929. The molecule has 5 nitrogen and oxygen atoms in total. The maximum Gasteiger partial charge on any atom is 0.242 e. The second-order valence-corrected chi connectivity index (χ2v) is 7.28. The topological polar surface area (TPSA) is 74.1 Å². The molecular formula is C22H21N3O2S. The number of carbonyl (C=O) groups is 1. The summed E-state index contributed by atoms with van der Waals surface area (Å²) in [5.41, 5.74) is 1.43. The van der Waals surface area contributed by atoms with E-state index in [1.165, 1.54) is 4.88 Å². The minimum atomic E-state index is -0.339. The van der Waals surface area contributed by atoms with Gasteiger partial charge in [-0.3, -0.25) is 4.79 Å². The molecule has 0 saturated heterocycles. The van der Waals surface area contributed by atoms with E-state index in [0.29, 0.717) is 23.6 Å². The van der Waals surface area contributed by atoms with Crippen molar-refractivity contribution >= 4 is 22.9 Å². The zero-order chi connectivity index (χ0) is 19.8. The molecule has 0 fully saturated rings. The van der Waals surface area contributed by atoms with Crippen molar-refractivity contribution in [2.75, 3.05) is 11.9 Å². The predicted molar refractivity (Wildman–Crippen MR) is 112 cm³/mol. The molecule has 1 aromatic heterocycles. The summed E-state index contributed by atoms with van der Waals surface area (Å²) in [6, 6.07) is 20.2. The van der Waals surface area contributed by atoms with Gasteiger partial charge < -0.3 is 15.4 Å². The van der Waals surface area contributed by atoms with Crippen molar-refractivity contribution in [3.63, 3.8) is 0 Å². The molecule has 1 atom stereocenters. The van der Waals surface area contributed by atoms with Gasteiger partial charge in [0.2, 0.25) is 5.91 Å². The van der Waals surface area contributed by atoms with Gasteiger partial charge in [0.05, 0.1) is 11.6 Å². The van der Waals surface area contributed by atoms with Crippen LogP contribution >= 0.6 is 11.3 Å². The van der Waals surface area contributed by atoms with E-state index in [4.69, 9.17) is 10.00 Å². The lowest BCUT2D eigenvalue weighted by molar-refractivity contribution is -0.121. The van der Waals surface area contributed by atoms with Crippen molar-refractivity contribution < 1.29 is 9.53 Å². The van der Waals surface area contributed by atoms with E-state index in [1.807, 2.05) is 42.6 Å². The van der Waals surface area contributed by atoms with Crippen molar-refractivity contribution in [3.8, 4) is 17.6 Å². The average Bonchev–Trinajstić information content (AvgIpc) is 3.23. The molecule has 0 aliphatic rings. The summed E-state index contributed by atoms with van der Waals surface area (Å²) in [4.78, 5) is 13.5. The Morgan fingerprint density at radius 1 is 1.11 bits per heavy atom. The molecule has 0 saturated carbocycles. The van der Waals surface area contributed by atoms with Crippen LogP contribution in [-0.2, 0) is 11.2 Å². The van der Waals surface area contributed by atoms with Gasteiger partial charge in [-0.2, -0.15) is 5.26 Å². The fraction of sp³-hybridized carbons (Fsp3) is 0.182. The lowest BCUT2D eigenvalue weighted by atomic mass is 10.2. The van der Waals surface area contributed by atoms with E-state index in [0.717, 1.165) is 12.1 Å². The van der Waals surface area contributed by atoms with Crippen molar-refractivity contribution in [1.29, 1.82) is 5.26 Å². The van der Waals surface area contributed by atoms with Crippen LogP contribution in [0.3, 0.4) is 0 Å². The van der Waals surface area contributed by atoms with Gasteiger partial charge in [0.25, 0.3) is 0 Å². The third-order valence-electron chi connectivity index (χ3n) is 4.10. The summed E-state index contributed by atoms with van der Waals surface area (Å²) >= 11 is 1.70. The molecule has 6 heteroatoms. The Morgan fingerprint density at radius 2 is 1.79 bits per heavy atom. The Hall–Kier alpha value is -3.30. The number of benzene rings is 2. The highest BCUT2D eigenvalue weighted by Gasteiger charge is 2.12. The number of ether oxygens (including phenoxy) is 1. The first-order valence-corrected chi connectivity index (χ1v) is 9.87. The first kappa shape index (κ1) is 19.5. The quantitative estimate of drug-likeness (QED) is 0.590. The molecule has 3 aromatic rings. The van der Waals surface area contributed by atoms with Crippen molar-refractivity contribution in [2.24, 2.45) is 0 Å². The molecule has 1 unspecified atom stereocenters. The average molecular weight is 391 g/mol. The van der Waals surface area contributed by atoms with Crippen LogP contribution in [0.4, 0.5) is 5.69 Å². The smallest absolute Gasteiger partial charge is 0.242 e. The fourth-order valence-electron chi connectivity index (χ4n) is 2.59. The van der Waals surface area contributed by atoms with Gasteiger partial charge in [-0.25, -0.2) is 0 Å². The number of nitrogens with one attached hydrogen (secondary N) is 2. The maximum absolute atomic E-state index is 12.2. The lowest BCUT2D eigenvalue weighted by Gasteiger charge is -2.15. The molecule has 2 N–H and O–H groups in total. The van der Waals surface area contributed by atoms with Crippen LogP contribution in [-0.4, -0.2) is 18.5 Å². The number of thiophene rings is 1. The first-order valence-electron chi connectivity index (χ1n) is 8.99. The molecule has 1 amide bonds. The number of nitrogens with zero attached hydrogens (tertiary/aromatic N) is 1. The van der Waals surface area contributed by atoms with Crippen LogP contribution in [0.25, 0.3) is 0 Å². The summed E-state index contributed by atoms with van der Waals surface area (Å²) in [6.45, 7) is 2.46. The number of hydrogen-bond acceptors (Lipinski definition) is 5. The molecule has 3 rings (SSSR count). The minimum Gasteiger partial charge on any atom is -0.457 e. The molecule has 2 aromatic carbocycles. The SMILES string of the molecule is CC(Nc1ccc(Oc2ccc(C#N)cc2)cc1)C(=O)NCCc1cccs1. The van der Waals surface area contributed by atoms with Gasteiger partial charge in [-0.15, -0.1) is 11.3 Å². The van der Waals surface area contributed by atoms with Crippen molar-refractivity contribution in [1.82, 2.24) is 5.32 Å². The first-order chi connectivity index (χ1) is 13.6. The third kappa shape index (κ3) is 5.60. The van der Waals surface area contributed by atoms with Crippen LogP contribution in [0.15, 0.2) is 66.0 Å². The highest BCUT2D eigenvalue weighted by Crippen LogP contribution is 2.23. The second-order valence-electron chi connectivity index (χ2n) is 6.25.